The number of carbonyl (C=O) groups excluding carboxylic acids is 1. The molecule has 6 nitrogen and oxygen atoms in total. The Morgan fingerprint density at radius 1 is 1.25 bits per heavy atom. The van der Waals surface area contributed by atoms with Crippen molar-refractivity contribution in [3.63, 3.8) is 0 Å². The van der Waals surface area contributed by atoms with E-state index in [0.29, 0.717) is 31.7 Å². The highest BCUT2D eigenvalue weighted by atomic mass is 35.5. The molecule has 0 spiro atoms. The number of rotatable bonds is 6. The molecule has 1 saturated heterocycles. The lowest BCUT2D eigenvalue weighted by Crippen LogP contribution is -2.39. The Labute approximate surface area is 150 Å². The minimum atomic E-state index is -3.55. The summed E-state index contributed by atoms with van der Waals surface area (Å²) >= 11 is 0. The Morgan fingerprint density at radius 3 is 2.33 bits per heavy atom. The second kappa shape index (κ2) is 8.80. The molecule has 1 aromatic rings. The fraction of sp³-hybridized carbons (Fsp3) is 0.562. The zero-order chi connectivity index (χ0) is 17.0. The van der Waals surface area contributed by atoms with Gasteiger partial charge in [0.15, 0.2) is 0 Å². The number of nitrogens with two attached hydrogens (primary N) is 1. The molecule has 1 aromatic carbocycles. The van der Waals surface area contributed by atoms with E-state index in [1.54, 1.807) is 17.0 Å². The molecule has 136 valence electrons. The maximum absolute atomic E-state index is 12.7. The minimum absolute atomic E-state index is 0. The van der Waals surface area contributed by atoms with Crippen LogP contribution in [0, 0.1) is 0 Å². The van der Waals surface area contributed by atoms with Gasteiger partial charge in [-0.05, 0) is 51.0 Å². The summed E-state index contributed by atoms with van der Waals surface area (Å²) in [6.07, 6.45) is 1.63. The molecule has 1 aliphatic rings. The molecular formula is C16H26ClN3O3S. The van der Waals surface area contributed by atoms with Crippen LogP contribution in [0.5, 0.6) is 0 Å². The van der Waals surface area contributed by atoms with Crippen molar-refractivity contribution in [3.05, 3.63) is 29.8 Å². The molecule has 0 aliphatic carbocycles. The summed E-state index contributed by atoms with van der Waals surface area (Å²) < 4.78 is 26.9. The molecule has 0 bridgehead atoms. The standard InChI is InChI=1S/C16H25N3O3S.ClH/c1-3-18(4-2)16(20)13-7-9-15(10-8-13)23(21,22)19-11-5-6-14(19)12-17;/h7-10,14H,3-6,11-12,17H2,1-2H3;1H. The van der Waals surface area contributed by atoms with Crippen molar-refractivity contribution in [2.75, 3.05) is 26.2 Å². The fourth-order valence-electron chi connectivity index (χ4n) is 2.96. The van der Waals surface area contributed by atoms with E-state index in [1.807, 2.05) is 13.8 Å². The highest BCUT2D eigenvalue weighted by Crippen LogP contribution is 2.25. The predicted octanol–water partition coefficient (Wildman–Crippen LogP) is 1.70. The maximum Gasteiger partial charge on any atom is 0.253 e. The lowest BCUT2D eigenvalue weighted by atomic mass is 10.2. The summed E-state index contributed by atoms with van der Waals surface area (Å²) in [7, 11) is -3.55. The topological polar surface area (TPSA) is 83.7 Å². The fourth-order valence-corrected chi connectivity index (χ4v) is 4.66. The van der Waals surface area contributed by atoms with Gasteiger partial charge in [-0.1, -0.05) is 0 Å². The molecule has 0 aromatic heterocycles. The summed E-state index contributed by atoms with van der Waals surface area (Å²) in [6, 6.07) is 6.06. The van der Waals surface area contributed by atoms with Crippen molar-refractivity contribution in [3.8, 4) is 0 Å². The Bertz CT molecular complexity index is 645. The molecular weight excluding hydrogens is 350 g/mol. The number of benzene rings is 1. The first kappa shape index (κ1) is 20.9. The van der Waals surface area contributed by atoms with Crippen LogP contribution in [0.15, 0.2) is 29.2 Å². The van der Waals surface area contributed by atoms with Gasteiger partial charge in [-0.3, -0.25) is 4.79 Å². The van der Waals surface area contributed by atoms with E-state index in [-0.39, 0.29) is 29.3 Å². The summed E-state index contributed by atoms with van der Waals surface area (Å²) in [4.78, 5) is 14.2. The van der Waals surface area contributed by atoms with Crippen LogP contribution < -0.4 is 5.73 Å². The molecule has 1 fully saturated rings. The molecule has 1 aliphatic heterocycles. The second-order valence-electron chi connectivity index (χ2n) is 5.65. The summed E-state index contributed by atoms with van der Waals surface area (Å²) in [5.41, 5.74) is 6.17. The lowest BCUT2D eigenvalue weighted by Gasteiger charge is -2.23. The number of amides is 1. The van der Waals surface area contributed by atoms with Crippen molar-refractivity contribution in [1.29, 1.82) is 0 Å². The van der Waals surface area contributed by atoms with Crippen molar-refractivity contribution in [2.24, 2.45) is 5.73 Å². The van der Waals surface area contributed by atoms with E-state index in [2.05, 4.69) is 0 Å². The van der Waals surface area contributed by atoms with E-state index in [1.165, 1.54) is 16.4 Å². The molecule has 1 atom stereocenters. The molecule has 8 heteroatoms. The molecule has 1 heterocycles. The van der Waals surface area contributed by atoms with E-state index < -0.39 is 10.0 Å². The first-order chi connectivity index (χ1) is 11.0. The number of halogens is 1. The molecule has 0 radical (unpaired) electrons. The summed E-state index contributed by atoms with van der Waals surface area (Å²) in [5, 5.41) is 0. The molecule has 1 amide bonds. The average Bonchev–Trinajstić information content (AvgIpc) is 3.05. The number of hydrogen-bond acceptors (Lipinski definition) is 4. The minimum Gasteiger partial charge on any atom is -0.339 e. The lowest BCUT2D eigenvalue weighted by molar-refractivity contribution is 0.0773. The Kier molecular flexibility index (Phi) is 7.66. The van der Waals surface area contributed by atoms with Crippen molar-refractivity contribution >= 4 is 28.3 Å². The number of hydrogen-bond donors (Lipinski definition) is 1. The third-order valence-electron chi connectivity index (χ3n) is 4.35. The van der Waals surface area contributed by atoms with Gasteiger partial charge >= 0.3 is 0 Å². The normalized spacial score (nSPS) is 18.2. The van der Waals surface area contributed by atoms with Crippen LogP contribution in [0.2, 0.25) is 0 Å². The highest BCUT2D eigenvalue weighted by Gasteiger charge is 2.34. The van der Waals surface area contributed by atoms with Gasteiger partial charge in [-0.25, -0.2) is 8.42 Å². The molecule has 2 rings (SSSR count). The summed E-state index contributed by atoms with van der Waals surface area (Å²) in [5.74, 6) is -0.0834. The molecule has 24 heavy (non-hydrogen) atoms. The van der Waals surface area contributed by atoms with Crippen LogP contribution in [0.4, 0.5) is 0 Å². The Hall–Kier alpha value is -1.15. The zero-order valence-electron chi connectivity index (χ0n) is 14.1. The predicted molar refractivity (Wildman–Crippen MR) is 96.9 cm³/mol. The Morgan fingerprint density at radius 2 is 1.83 bits per heavy atom. The van der Waals surface area contributed by atoms with Crippen molar-refractivity contribution < 1.29 is 13.2 Å². The van der Waals surface area contributed by atoms with Gasteiger partial charge in [0.05, 0.1) is 4.90 Å². The quantitative estimate of drug-likeness (QED) is 0.820. The van der Waals surface area contributed by atoms with Gasteiger partial charge < -0.3 is 10.6 Å². The van der Waals surface area contributed by atoms with Crippen LogP contribution in [-0.4, -0.2) is 55.8 Å². The second-order valence-corrected chi connectivity index (χ2v) is 7.54. The van der Waals surface area contributed by atoms with E-state index >= 15 is 0 Å². The van der Waals surface area contributed by atoms with Gasteiger partial charge in [0.25, 0.3) is 5.91 Å². The van der Waals surface area contributed by atoms with Crippen LogP contribution in [0.25, 0.3) is 0 Å². The van der Waals surface area contributed by atoms with Crippen LogP contribution in [0.3, 0.4) is 0 Å². The van der Waals surface area contributed by atoms with Crippen molar-refractivity contribution in [2.45, 2.75) is 37.6 Å². The van der Waals surface area contributed by atoms with Gasteiger partial charge in [-0.15, -0.1) is 12.4 Å². The maximum atomic E-state index is 12.7. The van der Waals surface area contributed by atoms with E-state index in [0.717, 1.165) is 12.8 Å². The SMILES string of the molecule is CCN(CC)C(=O)c1ccc(S(=O)(=O)N2CCCC2CN)cc1.Cl. The van der Waals surface area contributed by atoms with Gasteiger partial charge in [0.2, 0.25) is 10.0 Å². The first-order valence-corrected chi connectivity index (χ1v) is 9.51. The van der Waals surface area contributed by atoms with Crippen LogP contribution >= 0.6 is 12.4 Å². The smallest absolute Gasteiger partial charge is 0.253 e. The van der Waals surface area contributed by atoms with Crippen molar-refractivity contribution in [1.82, 2.24) is 9.21 Å². The number of carbonyl (C=O) groups is 1. The monoisotopic (exact) mass is 375 g/mol. The van der Waals surface area contributed by atoms with Gasteiger partial charge in [0, 0.05) is 37.8 Å². The molecule has 0 saturated carbocycles. The molecule has 2 N–H and O–H groups in total. The highest BCUT2D eigenvalue weighted by molar-refractivity contribution is 7.89. The number of nitrogens with zero attached hydrogens (tertiary/aromatic N) is 2. The largest absolute Gasteiger partial charge is 0.339 e. The zero-order valence-corrected chi connectivity index (χ0v) is 15.8. The number of sulfonamides is 1. The summed E-state index contributed by atoms with van der Waals surface area (Å²) in [6.45, 7) is 5.92. The third-order valence-corrected chi connectivity index (χ3v) is 6.32. The average molecular weight is 376 g/mol. The van der Waals surface area contributed by atoms with E-state index in [4.69, 9.17) is 5.73 Å². The van der Waals surface area contributed by atoms with Crippen LogP contribution in [0.1, 0.15) is 37.0 Å². The van der Waals surface area contributed by atoms with Crippen LogP contribution in [-0.2, 0) is 10.0 Å². The van der Waals surface area contributed by atoms with E-state index in [9.17, 15) is 13.2 Å². The Balaban J connectivity index is 0.00000288. The first-order valence-electron chi connectivity index (χ1n) is 8.06. The van der Waals surface area contributed by atoms with Gasteiger partial charge in [0.1, 0.15) is 0 Å². The molecule has 1 unspecified atom stereocenters. The third kappa shape index (κ3) is 4.08. The van der Waals surface area contributed by atoms with Gasteiger partial charge in [-0.2, -0.15) is 4.31 Å².